The lowest BCUT2D eigenvalue weighted by Crippen LogP contribution is -2.44. The van der Waals surface area contributed by atoms with Crippen LogP contribution < -0.4 is 5.73 Å². The molecule has 1 saturated heterocycles. The third-order valence-electron chi connectivity index (χ3n) is 5.93. The minimum absolute atomic E-state index is 0.0733. The number of nitrogens with zero attached hydrogens (tertiary/aromatic N) is 3. The molecule has 1 aliphatic heterocycles. The molecular weight excluding hydrogens is 330 g/mol. The molecule has 1 amide bonds. The number of anilines is 1. The largest absolute Gasteiger partial charge is 0.389 e. The summed E-state index contributed by atoms with van der Waals surface area (Å²) in [7, 11) is 0. The van der Waals surface area contributed by atoms with Gasteiger partial charge in [-0.3, -0.25) is 9.89 Å². The molecule has 0 aromatic carbocycles. The Morgan fingerprint density at radius 1 is 1.31 bits per heavy atom. The van der Waals surface area contributed by atoms with Crippen molar-refractivity contribution in [1.29, 1.82) is 0 Å². The highest BCUT2D eigenvalue weighted by Crippen LogP contribution is 2.33. The van der Waals surface area contributed by atoms with Gasteiger partial charge in [0, 0.05) is 24.7 Å². The molecule has 4 N–H and O–H groups in total. The molecule has 140 valence electrons. The number of pyridine rings is 1. The molecule has 26 heavy (non-hydrogen) atoms. The van der Waals surface area contributed by atoms with Crippen molar-refractivity contribution in [2.45, 2.75) is 62.9 Å². The van der Waals surface area contributed by atoms with Gasteiger partial charge < -0.3 is 15.7 Å². The van der Waals surface area contributed by atoms with Crippen molar-refractivity contribution in [1.82, 2.24) is 20.1 Å². The van der Waals surface area contributed by atoms with Gasteiger partial charge in [0.1, 0.15) is 5.82 Å². The predicted octanol–water partition coefficient (Wildman–Crippen LogP) is 2.33. The first kappa shape index (κ1) is 17.3. The molecule has 1 aliphatic carbocycles. The van der Waals surface area contributed by atoms with Crippen LogP contribution in [-0.4, -0.2) is 49.8 Å². The summed E-state index contributed by atoms with van der Waals surface area (Å²) in [6.45, 7) is 1.43. The van der Waals surface area contributed by atoms with Crippen LogP contribution in [0.5, 0.6) is 0 Å². The molecule has 0 radical (unpaired) electrons. The second kappa shape index (κ2) is 6.87. The Hall–Kier alpha value is -2.15. The maximum absolute atomic E-state index is 12.8. The average Bonchev–Trinajstić information content (AvgIpc) is 3.02. The quantitative estimate of drug-likeness (QED) is 0.781. The number of nitrogen functional groups attached to an aromatic ring is 1. The summed E-state index contributed by atoms with van der Waals surface area (Å²) < 4.78 is 0. The number of hydrogen-bond acceptors (Lipinski definition) is 5. The Kier molecular flexibility index (Phi) is 4.56. The Bertz CT molecular complexity index is 796. The number of likely N-dealkylation sites (tertiary alicyclic amines) is 1. The lowest BCUT2D eigenvalue weighted by atomic mass is 9.82. The first-order valence-electron chi connectivity index (χ1n) is 9.65. The van der Waals surface area contributed by atoms with Gasteiger partial charge in [0.15, 0.2) is 5.65 Å². The number of aliphatic hydroxyl groups is 1. The Morgan fingerprint density at radius 2 is 2.12 bits per heavy atom. The van der Waals surface area contributed by atoms with E-state index in [-0.39, 0.29) is 18.2 Å². The predicted molar refractivity (Wildman–Crippen MR) is 99.5 cm³/mol. The molecule has 2 fully saturated rings. The second-order valence-electron chi connectivity index (χ2n) is 7.89. The highest BCUT2D eigenvalue weighted by molar-refractivity contribution is 5.85. The summed E-state index contributed by atoms with van der Waals surface area (Å²) in [6.07, 6.45) is 6.90. The molecule has 1 atom stereocenters. The highest BCUT2D eigenvalue weighted by atomic mass is 16.3. The van der Waals surface area contributed by atoms with Crippen LogP contribution in [0, 0.1) is 0 Å². The van der Waals surface area contributed by atoms with Crippen LogP contribution in [0.15, 0.2) is 12.1 Å². The van der Waals surface area contributed by atoms with E-state index >= 15 is 0 Å². The van der Waals surface area contributed by atoms with Crippen LogP contribution in [0.2, 0.25) is 0 Å². The standard InChI is InChI=1S/C19H27N5O2/c20-17-14-6-7-15(21-18(14)23-22-17)13-5-4-10-24(12-13)16(25)11-19(26)8-2-1-3-9-19/h6-7,13,26H,1-5,8-12H2,(H3,20,21,22,23)/t13-/m0/s1. The monoisotopic (exact) mass is 357 g/mol. The maximum atomic E-state index is 12.8. The number of hydrogen-bond donors (Lipinski definition) is 3. The van der Waals surface area contributed by atoms with E-state index in [0.29, 0.717) is 18.0 Å². The van der Waals surface area contributed by atoms with E-state index < -0.39 is 5.60 Å². The number of aromatic nitrogens is 3. The van der Waals surface area contributed by atoms with Gasteiger partial charge in [-0.2, -0.15) is 5.10 Å². The van der Waals surface area contributed by atoms with Crippen LogP contribution in [0.4, 0.5) is 5.82 Å². The molecular formula is C19H27N5O2. The molecule has 2 aromatic rings. The summed E-state index contributed by atoms with van der Waals surface area (Å²) in [5.41, 5.74) is 6.61. The van der Waals surface area contributed by atoms with E-state index in [1.54, 1.807) is 0 Å². The topological polar surface area (TPSA) is 108 Å². The van der Waals surface area contributed by atoms with Crippen LogP contribution >= 0.6 is 0 Å². The molecule has 7 nitrogen and oxygen atoms in total. The van der Waals surface area contributed by atoms with Crippen molar-refractivity contribution in [3.8, 4) is 0 Å². The van der Waals surface area contributed by atoms with Crippen molar-refractivity contribution in [3.63, 3.8) is 0 Å². The molecule has 0 unspecified atom stereocenters. The first-order chi connectivity index (χ1) is 12.5. The van der Waals surface area contributed by atoms with Gasteiger partial charge in [-0.25, -0.2) is 4.98 Å². The van der Waals surface area contributed by atoms with Crippen LogP contribution in [-0.2, 0) is 4.79 Å². The van der Waals surface area contributed by atoms with E-state index in [1.165, 1.54) is 0 Å². The summed E-state index contributed by atoms with van der Waals surface area (Å²) >= 11 is 0. The van der Waals surface area contributed by atoms with Gasteiger partial charge in [-0.1, -0.05) is 19.3 Å². The summed E-state index contributed by atoms with van der Waals surface area (Å²) in [5, 5.41) is 18.4. The first-order valence-corrected chi connectivity index (χ1v) is 9.65. The molecule has 1 saturated carbocycles. The second-order valence-corrected chi connectivity index (χ2v) is 7.89. The van der Waals surface area contributed by atoms with Crippen molar-refractivity contribution in [3.05, 3.63) is 17.8 Å². The third-order valence-corrected chi connectivity index (χ3v) is 5.93. The highest BCUT2D eigenvalue weighted by Gasteiger charge is 2.35. The normalized spacial score (nSPS) is 23.3. The van der Waals surface area contributed by atoms with Crippen LogP contribution in [0.25, 0.3) is 11.0 Å². The fourth-order valence-corrected chi connectivity index (χ4v) is 4.38. The van der Waals surface area contributed by atoms with Crippen molar-refractivity contribution >= 4 is 22.8 Å². The maximum Gasteiger partial charge on any atom is 0.225 e. The Labute approximate surface area is 153 Å². The minimum Gasteiger partial charge on any atom is -0.389 e. The molecule has 4 rings (SSSR count). The van der Waals surface area contributed by atoms with Crippen LogP contribution in [0.3, 0.4) is 0 Å². The number of rotatable bonds is 3. The number of H-pyrrole nitrogens is 1. The van der Waals surface area contributed by atoms with Gasteiger partial charge in [-0.15, -0.1) is 0 Å². The van der Waals surface area contributed by atoms with E-state index in [1.807, 2.05) is 17.0 Å². The number of nitrogens with two attached hydrogens (primary N) is 1. The zero-order valence-electron chi connectivity index (χ0n) is 15.1. The SMILES string of the molecule is Nc1[nH]nc2nc([C@H]3CCCN(C(=O)CC4(O)CCCCC4)C3)ccc12. The minimum atomic E-state index is -0.800. The van der Waals surface area contributed by atoms with Gasteiger partial charge >= 0.3 is 0 Å². The molecule has 7 heteroatoms. The van der Waals surface area contributed by atoms with Gasteiger partial charge in [0.05, 0.1) is 17.4 Å². The number of aromatic amines is 1. The van der Waals surface area contributed by atoms with E-state index in [0.717, 1.165) is 62.6 Å². The number of piperidine rings is 1. The Morgan fingerprint density at radius 3 is 2.92 bits per heavy atom. The number of fused-ring (bicyclic) bond motifs is 1. The van der Waals surface area contributed by atoms with Gasteiger partial charge in [-0.05, 0) is 37.8 Å². The summed E-state index contributed by atoms with van der Waals surface area (Å²) in [5.74, 6) is 0.806. The van der Waals surface area contributed by atoms with Gasteiger partial charge in [0.25, 0.3) is 0 Å². The zero-order valence-corrected chi connectivity index (χ0v) is 15.1. The average molecular weight is 357 g/mol. The fraction of sp³-hybridized carbons (Fsp3) is 0.632. The lowest BCUT2D eigenvalue weighted by Gasteiger charge is -2.37. The van der Waals surface area contributed by atoms with Crippen LogP contribution in [0.1, 0.15) is 63.0 Å². The van der Waals surface area contributed by atoms with E-state index in [9.17, 15) is 9.90 Å². The van der Waals surface area contributed by atoms with Gasteiger partial charge in [0.2, 0.25) is 5.91 Å². The molecule has 2 aliphatic rings. The molecule has 3 heterocycles. The fourth-order valence-electron chi connectivity index (χ4n) is 4.38. The summed E-state index contributed by atoms with van der Waals surface area (Å²) in [4.78, 5) is 19.3. The third kappa shape index (κ3) is 3.40. The summed E-state index contributed by atoms with van der Waals surface area (Å²) in [6, 6.07) is 3.93. The Balaban J connectivity index is 1.45. The van der Waals surface area contributed by atoms with Crippen molar-refractivity contribution in [2.24, 2.45) is 0 Å². The van der Waals surface area contributed by atoms with Crippen molar-refractivity contribution < 1.29 is 9.90 Å². The zero-order chi connectivity index (χ0) is 18.1. The molecule has 2 aromatic heterocycles. The smallest absolute Gasteiger partial charge is 0.225 e. The van der Waals surface area contributed by atoms with E-state index in [2.05, 4.69) is 15.2 Å². The number of carbonyl (C=O) groups excluding carboxylic acids is 1. The lowest BCUT2D eigenvalue weighted by molar-refractivity contribution is -0.139. The van der Waals surface area contributed by atoms with E-state index in [4.69, 9.17) is 5.73 Å². The molecule has 0 bridgehead atoms. The molecule has 0 spiro atoms. The number of nitrogens with one attached hydrogen (secondary N) is 1. The van der Waals surface area contributed by atoms with Crippen molar-refractivity contribution in [2.75, 3.05) is 18.8 Å². The number of amides is 1. The number of carbonyl (C=O) groups is 1.